The Morgan fingerprint density at radius 1 is 0.789 bits per heavy atom. The summed E-state index contributed by atoms with van der Waals surface area (Å²) < 4.78 is 7.98. The molecule has 0 radical (unpaired) electrons. The number of hydrogen-bond acceptors (Lipinski definition) is 4. The first kappa shape index (κ1) is 24.7. The van der Waals surface area contributed by atoms with Crippen LogP contribution in [-0.2, 0) is 7.05 Å². The van der Waals surface area contributed by atoms with Gasteiger partial charge >= 0.3 is 11.9 Å². The number of para-hydroxylation sites is 1. The predicted octanol–water partition coefficient (Wildman–Crippen LogP) is 6.23. The normalized spacial score (nSPS) is 11.3. The molecule has 5 aromatic rings. The molecule has 0 saturated carbocycles. The topological polar surface area (TPSA) is 87.7 Å². The van der Waals surface area contributed by atoms with E-state index in [9.17, 15) is 19.8 Å². The Morgan fingerprint density at radius 3 is 2.08 bits per heavy atom. The summed E-state index contributed by atoms with van der Waals surface area (Å²) in [6.07, 6.45) is 3.94. The number of pyridine rings is 1. The Balaban J connectivity index is 1.62. The summed E-state index contributed by atoms with van der Waals surface area (Å²) >= 11 is 0. The van der Waals surface area contributed by atoms with Crippen LogP contribution in [0.15, 0.2) is 78.9 Å². The zero-order valence-corrected chi connectivity index (χ0v) is 21.2. The second-order valence-electron chi connectivity index (χ2n) is 9.29. The Hall–Kier alpha value is -4.97. The number of carbonyl (C=O) groups excluding carboxylic acids is 1. The van der Waals surface area contributed by atoms with Crippen LogP contribution in [0.1, 0.15) is 43.0 Å². The van der Waals surface area contributed by atoms with Gasteiger partial charge in [-0.05, 0) is 72.5 Å². The van der Waals surface area contributed by atoms with E-state index < -0.39 is 11.9 Å². The van der Waals surface area contributed by atoms with E-state index in [-0.39, 0.29) is 11.3 Å². The predicted molar refractivity (Wildman–Crippen MR) is 147 cm³/mol. The van der Waals surface area contributed by atoms with Crippen LogP contribution in [0.5, 0.6) is 11.5 Å². The molecule has 0 atom stereocenters. The molecular weight excluding hydrogens is 478 g/mol. The van der Waals surface area contributed by atoms with E-state index in [1.54, 1.807) is 26.0 Å². The maximum Gasteiger partial charge on any atom is 0.345 e. The summed E-state index contributed by atoms with van der Waals surface area (Å²) in [5.41, 5.74) is 5.39. The number of benzene rings is 4. The van der Waals surface area contributed by atoms with Crippen molar-refractivity contribution < 1.29 is 29.1 Å². The number of phenolic OH excluding ortho intramolecular Hbond substituents is 1. The van der Waals surface area contributed by atoms with Crippen molar-refractivity contribution in [1.29, 1.82) is 0 Å². The average molecular weight is 505 g/mol. The maximum atomic E-state index is 13.7. The molecule has 0 aliphatic rings. The number of ether oxygens (including phenoxy) is 1. The minimum atomic E-state index is -1.03. The lowest BCUT2D eigenvalue weighted by Gasteiger charge is -2.14. The molecule has 5 rings (SSSR count). The Morgan fingerprint density at radius 2 is 1.39 bits per heavy atom. The average Bonchev–Trinajstić information content (AvgIpc) is 2.90. The highest BCUT2D eigenvalue weighted by molar-refractivity contribution is 6.13. The molecule has 0 spiro atoms. The number of aromatic hydroxyl groups is 1. The van der Waals surface area contributed by atoms with E-state index in [1.807, 2.05) is 73.8 Å². The van der Waals surface area contributed by atoms with Crippen molar-refractivity contribution in [3.63, 3.8) is 0 Å². The van der Waals surface area contributed by atoms with E-state index in [0.29, 0.717) is 22.4 Å². The third-order valence-corrected chi connectivity index (χ3v) is 6.65. The van der Waals surface area contributed by atoms with Gasteiger partial charge in [0.05, 0.1) is 21.9 Å². The van der Waals surface area contributed by atoms with Crippen LogP contribution < -0.4 is 9.30 Å². The summed E-state index contributed by atoms with van der Waals surface area (Å²) in [4.78, 5) is 25.1. The number of aryl methyl sites for hydroxylation is 3. The van der Waals surface area contributed by atoms with Crippen LogP contribution >= 0.6 is 0 Å². The largest absolute Gasteiger partial charge is 0.508 e. The molecule has 6 nitrogen and oxygen atoms in total. The Bertz CT molecular complexity index is 1740. The van der Waals surface area contributed by atoms with Gasteiger partial charge < -0.3 is 14.9 Å². The second kappa shape index (κ2) is 9.82. The lowest BCUT2D eigenvalue weighted by atomic mass is 10.00. The van der Waals surface area contributed by atoms with Gasteiger partial charge in [0.2, 0.25) is 11.0 Å². The summed E-state index contributed by atoms with van der Waals surface area (Å²) in [6.45, 7) is 3.46. The molecule has 0 fully saturated rings. The quantitative estimate of drug-likeness (QED) is 0.0974. The van der Waals surface area contributed by atoms with Gasteiger partial charge in [-0.15, -0.1) is 0 Å². The standard InChI is InChI=1S/C32H25NO5/c1-19-16-23(31(35)36)17-20(2)30(19)38-32(37)29-25-6-4-5-7-27(25)33(3)28-18-22(12-15-26(28)29)9-8-21-10-13-24(34)14-11-21/h4-18H,1-3H3,(H,35,36)/p+1. The maximum absolute atomic E-state index is 13.7. The van der Waals surface area contributed by atoms with Crippen molar-refractivity contribution in [3.05, 3.63) is 112 Å². The number of nitrogens with zero attached hydrogens (tertiary/aromatic N) is 1. The van der Waals surface area contributed by atoms with Crippen LogP contribution in [0.4, 0.5) is 0 Å². The molecule has 4 aromatic carbocycles. The minimum Gasteiger partial charge on any atom is -0.508 e. The summed E-state index contributed by atoms with van der Waals surface area (Å²) in [7, 11) is 1.96. The van der Waals surface area contributed by atoms with Gasteiger partial charge in [0.15, 0.2) is 0 Å². The number of carboxylic acids is 1. The zero-order valence-electron chi connectivity index (χ0n) is 21.2. The third-order valence-electron chi connectivity index (χ3n) is 6.65. The smallest absolute Gasteiger partial charge is 0.345 e. The molecular formula is C32H26NO5+. The fourth-order valence-corrected chi connectivity index (χ4v) is 4.77. The molecule has 1 heterocycles. The highest BCUT2D eigenvalue weighted by atomic mass is 16.5. The van der Waals surface area contributed by atoms with Gasteiger partial charge in [-0.2, -0.15) is 4.57 Å². The second-order valence-corrected chi connectivity index (χ2v) is 9.29. The molecule has 0 unspecified atom stereocenters. The van der Waals surface area contributed by atoms with Gasteiger partial charge in [-0.25, -0.2) is 9.59 Å². The number of fused-ring (bicyclic) bond motifs is 2. The van der Waals surface area contributed by atoms with Crippen LogP contribution in [0, 0.1) is 13.8 Å². The number of carboxylic acid groups (broad SMARTS) is 1. The fraction of sp³-hybridized carbons (Fsp3) is 0.0938. The van der Waals surface area contributed by atoms with Crippen molar-refractivity contribution in [2.45, 2.75) is 13.8 Å². The van der Waals surface area contributed by atoms with E-state index in [4.69, 9.17) is 4.74 Å². The van der Waals surface area contributed by atoms with Crippen LogP contribution in [0.25, 0.3) is 34.0 Å². The molecule has 6 heteroatoms. The molecule has 0 aliphatic heterocycles. The van der Waals surface area contributed by atoms with E-state index in [1.165, 1.54) is 12.1 Å². The molecule has 188 valence electrons. The number of carbonyl (C=O) groups is 2. The van der Waals surface area contributed by atoms with E-state index >= 15 is 0 Å². The van der Waals surface area contributed by atoms with Crippen molar-refractivity contribution in [3.8, 4) is 11.5 Å². The number of phenols is 1. The summed E-state index contributed by atoms with van der Waals surface area (Å²) in [6, 6.07) is 23.5. The van der Waals surface area contributed by atoms with Gasteiger partial charge in [0, 0.05) is 12.1 Å². The number of rotatable bonds is 5. The molecule has 38 heavy (non-hydrogen) atoms. The van der Waals surface area contributed by atoms with Crippen molar-refractivity contribution in [1.82, 2.24) is 0 Å². The van der Waals surface area contributed by atoms with Crippen LogP contribution in [-0.4, -0.2) is 22.2 Å². The fourth-order valence-electron chi connectivity index (χ4n) is 4.77. The monoisotopic (exact) mass is 504 g/mol. The van der Waals surface area contributed by atoms with E-state index in [0.717, 1.165) is 32.9 Å². The van der Waals surface area contributed by atoms with Crippen LogP contribution in [0.2, 0.25) is 0 Å². The first-order valence-corrected chi connectivity index (χ1v) is 12.1. The van der Waals surface area contributed by atoms with Crippen molar-refractivity contribution in [2.24, 2.45) is 7.05 Å². The molecule has 0 amide bonds. The first-order valence-electron chi connectivity index (χ1n) is 12.1. The van der Waals surface area contributed by atoms with Crippen molar-refractivity contribution >= 4 is 45.9 Å². The highest BCUT2D eigenvalue weighted by Crippen LogP contribution is 2.30. The third kappa shape index (κ3) is 4.60. The number of hydrogen-bond donors (Lipinski definition) is 2. The lowest BCUT2D eigenvalue weighted by molar-refractivity contribution is -0.617. The zero-order chi connectivity index (χ0) is 27.0. The van der Waals surface area contributed by atoms with Crippen molar-refractivity contribution in [2.75, 3.05) is 0 Å². The van der Waals surface area contributed by atoms with Crippen LogP contribution in [0.3, 0.4) is 0 Å². The molecule has 1 aromatic heterocycles. The SMILES string of the molecule is Cc1cc(C(=O)O)cc(C)c1OC(=O)c1c2ccccc2[n+](C)c2cc(/C=C/c3ccc(O)cc3)ccc12. The molecule has 2 N–H and O–H groups in total. The first-order chi connectivity index (χ1) is 18.2. The number of esters is 1. The van der Waals surface area contributed by atoms with E-state index in [2.05, 4.69) is 4.57 Å². The highest BCUT2D eigenvalue weighted by Gasteiger charge is 2.25. The summed E-state index contributed by atoms with van der Waals surface area (Å²) in [5.74, 6) is -0.960. The Labute approximate surface area is 219 Å². The van der Waals surface area contributed by atoms with Gasteiger partial charge in [0.1, 0.15) is 18.5 Å². The number of aromatic carboxylic acids is 1. The number of aromatic nitrogens is 1. The lowest BCUT2D eigenvalue weighted by Crippen LogP contribution is -2.31. The van der Waals surface area contributed by atoms with Gasteiger partial charge in [-0.1, -0.05) is 42.5 Å². The molecule has 0 bridgehead atoms. The summed E-state index contributed by atoms with van der Waals surface area (Å²) in [5, 5.41) is 20.4. The molecule has 0 saturated heterocycles. The minimum absolute atomic E-state index is 0.148. The Kier molecular flexibility index (Phi) is 6.39. The van der Waals surface area contributed by atoms with Gasteiger partial charge in [0.25, 0.3) is 0 Å². The molecule has 0 aliphatic carbocycles. The van der Waals surface area contributed by atoms with Gasteiger partial charge in [-0.3, -0.25) is 0 Å².